The Kier molecular flexibility index (Phi) is 4.00. The minimum Gasteiger partial charge on any atom is -0.343 e. The molecule has 0 aromatic carbocycles. The lowest BCUT2D eigenvalue weighted by molar-refractivity contribution is -0.127. The number of terminal acetylenes is 1. The smallest absolute Gasteiger partial charge is 0.224 e. The van der Waals surface area contributed by atoms with E-state index in [4.69, 9.17) is 6.42 Å². The van der Waals surface area contributed by atoms with Gasteiger partial charge in [-0.25, -0.2) is 0 Å². The molecule has 2 nitrogen and oxygen atoms in total. The monoisotopic (exact) mass is 181 g/mol. The molecule has 0 aromatic rings. The summed E-state index contributed by atoms with van der Waals surface area (Å²) in [5.41, 5.74) is -0.0155. The van der Waals surface area contributed by atoms with Gasteiger partial charge in [-0.05, 0) is 12.3 Å². The topological polar surface area (TPSA) is 29.1 Å². The first-order chi connectivity index (χ1) is 5.79. The van der Waals surface area contributed by atoms with Gasteiger partial charge < -0.3 is 5.32 Å². The SMILES string of the molecule is C#CC(C)NC(=O)C(C)C(C)(C)C. The van der Waals surface area contributed by atoms with Gasteiger partial charge in [-0.2, -0.15) is 0 Å². The molecule has 0 radical (unpaired) electrons. The Bertz CT molecular complexity index is 219. The molecular formula is C11H19NO. The number of amides is 1. The Hall–Kier alpha value is -0.970. The van der Waals surface area contributed by atoms with Crippen molar-refractivity contribution in [3.05, 3.63) is 0 Å². The first-order valence-corrected chi connectivity index (χ1v) is 4.55. The lowest BCUT2D eigenvalue weighted by Crippen LogP contribution is -2.40. The van der Waals surface area contributed by atoms with E-state index < -0.39 is 0 Å². The summed E-state index contributed by atoms with van der Waals surface area (Å²) in [5.74, 6) is 2.47. The van der Waals surface area contributed by atoms with Crippen molar-refractivity contribution in [2.75, 3.05) is 0 Å². The minimum atomic E-state index is -0.183. The molecule has 0 aliphatic heterocycles. The van der Waals surface area contributed by atoms with Crippen molar-refractivity contribution < 1.29 is 4.79 Å². The third kappa shape index (κ3) is 3.98. The van der Waals surface area contributed by atoms with Gasteiger partial charge in [0.15, 0.2) is 0 Å². The third-order valence-corrected chi connectivity index (χ3v) is 2.30. The van der Waals surface area contributed by atoms with Crippen LogP contribution in [0.1, 0.15) is 34.6 Å². The molecule has 2 atom stereocenters. The molecule has 0 saturated carbocycles. The van der Waals surface area contributed by atoms with Crippen LogP contribution in [0.15, 0.2) is 0 Å². The van der Waals surface area contributed by atoms with Crippen LogP contribution in [0.4, 0.5) is 0 Å². The van der Waals surface area contributed by atoms with Gasteiger partial charge in [0.05, 0.1) is 6.04 Å². The number of hydrogen-bond acceptors (Lipinski definition) is 1. The van der Waals surface area contributed by atoms with Crippen LogP contribution in [0.5, 0.6) is 0 Å². The molecule has 74 valence electrons. The normalized spacial score (nSPS) is 15.7. The van der Waals surface area contributed by atoms with Gasteiger partial charge >= 0.3 is 0 Å². The Morgan fingerprint density at radius 2 is 1.85 bits per heavy atom. The molecule has 1 N–H and O–H groups in total. The summed E-state index contributed by atoms with van der Waals surface area (Å²) in [4.78, 5) is 11.6. The highest BCUT2D eigenvalue weighted by molar-refractivity contribution is 5.79. The van der Waals surface area contributed by atoms with Crippen LogP contribution in [-0.2, 0) is 4.79 Å². The van der Waals surface area contributed by atoms with Crippen molar-refractivity contribution in [2.24, 2.45) is 11.3 Å². The largest absolute Gasteiger partial charge is 0.343 e. The second-order valence-electron chi connectivity index (χ2n) is 4.48. The third-order valence-electron chi connectivity index (χ3n) is 2.30. The predicted molar refractivity (Wildman–Crippen MR) is 55.1 cm³/mol. The van der Waals surface area contributed by atoms with E-state index in [2.05, 4.69) is 11.2 Å². The zero-order chi connectivity index (χ0) is 10.6. The molecule has 0 saturated heterocycles. The summed E-state index contributed by atoms with van der Waals surface area (Å²) in [7, 11) is 0. The summed E-state index contributed by atoms with van der Waals surface area (Å²) < 4.78 is 0. The first-order valence-electron chi connectivity index (χ1n) is 4.55. The fraction of sp³-hybridized carbons (Fsp3) is 0.727. The highest BCUT2D eigenvalue weighted by Gasteiger charge is 2.26. The molecule has 2 unspecified atom stereocenters. The maximum atomic E-state index is 11.6. The second kappa shape index (κ2) is 4.32. The standard InChI is InChI=1S/C11H19NO/c1-7-8(2)12-10(13)9(3)11(4,5)6/h1,8-9H,2-6H3,(H,12,13). The van der Waals surface area contributed by atoms with Gasteiger partial charge in [0.2, 0.25) is 5.91 Å². The Balaban J connectivity index is 4.22. The van der Waals surface area contributed by atoms with Crippen molar-refractivity contribution in [3.63, 3.8) is 0 Å². The van der Waals surface area contributed by atoms with Crippen LogP contribution in [0.2, 0.25) is 0 Å². The van der Waals surface area contributed by atoms with Gasteiger partial charge in [-0.3, -0.25) is 4.79 Å². The Labute approximate surface area is 81.1 Å². The number of carbonyl (C=O) groups excluding carboxylic acids is 1. The highest BCUT2D eigenvalue weighted by atomic mass is 16.1. The average molecular weight is 181 g/mol. The fourth-order valence-corrected chi connectivity index (χ4v) is 0.773. The average Bonchev–Trinajstić information content (AvgIpc) is 2.01. The Morgan fingerprint density at radius 1 is 1.38 bits per heavy atom. The van der Waals surface area contributed by atoms with Gasteiger partial charge in [0.1, 0.15) is 0 Å². The Morgan fingerprint density at radius 3 is 2.15 bits per heavy atom. The van der Waals surface area contributed by atoms with E-state index in [0.717, 1.165) is 0 Å². The van der Waals surface area contributed by atoms with Crippen LogP contribution in [0, 0.1) is 23.7 Å². The number of hydrogen-bond donors (Lipinski definition) is 1. The molecule has 2 heteroatoms. The summed E-state index contributed by atoms with van der Waals surface area (Å²) >= 11 is 0. The van der Waals surface area contributed by atoms with Gasteiger partial charge in [0.25, 0.3) is 0 Å². The van der Waals surface area contributed by atoms with Gasteiger partial charge in [-0.15, -0.1) is 6.42 Å². The van der Waals surface area contributed by atoms with Crippen molar-refractivity contribution in [3.8, 4) is 12.3 Å². The zero-order valence-electron chi connectivity index (χ0n) is 9.14. The first kappa shape index (κ1) is 12.0. The van der Waals surface area contributed by atoms with Crippen LogP contribution in [0.25, 0.3) is 0 Å². The molecule has 13 heavy (non-hydrogen) atoms. The molecule has 0 aromatic heterocycles. The van der Waals surface area contributed by atoms with Gasteiger partial charge in [0, 0.05) is 5.92 Å². The van der Waals surface area contributed by atoms with E-state index >= 15 is 0 Å². The molecule has 1 amide bonds. The van der Waals surface area contributed by atoms with Crippen molar-refractivity contribution in [1.82, 2.24) is 5.32 Å². The lowest BCUT2D eigenvalue weighted by atomic mass is 9.81. The van der Waals surface area contributed by atoms with Crippen LogP contribution in [-0.4, -0.2) is 11.9 Å². The molecule has 0 fully saturated rings. The minimum absolute atomic E-state index is 0.0155. The van der Waals surface area contributed by atoms with Crippen molar-refractivity contribution in [1.29, 1.82) is 0 Å². The molecular weight excluding hydrogens is 162 g/mol. The molecule has 0 bridgehead atoms. The van der Waals surface area contributed by atoms with Gasteiger partial charge in [-0.1, -0.05) is 33.6 Å². The molecule has 0 rings (SSSR count). The van der Waals surface area contributed by atoms with Crippen LogP contribution < -0.4 is 5.32 Å². The zero-order valence-corrected chi connectivity index (χ0v) is 9.14. The van der Waals surface area contributed by atoms with E-state index in [1.165, 1.54) is 0 Å². The summed E-state index contributed by atoms with van der Waals surface area (Å²) in [6.45, 7) is 9.83. The summed E-state index contributed by atoms with van der Waals surface area (Å²) in [5, 5.41) is 2.76. The lowest BCUT2D eigenvalue weighted by Gasteiger charge is -2.26. The molecule has 0 aliphatic carbocycles. The van der Waals surface area contributed by atoms with Crippen molar-refractivity contribution >= 4 is 5.91 Å². The maximum Gasteiger partial charge on any atom is 0.224 e. The van der Waals surface area contributed by atoms with Crippen molar-refractivity contribution in [2.45, 2.75) is 40.7 Å². The summed E-state index contributed by atoms with van der Waals surface area (Å²) in [6.07, 6.45) is 5.16. The maximum absolute atomic E-state index is 11.6. The second-order valence-corrected chi connectivity index (χ2v) is 4.48. The highest BCUT2D eigenvalue weighted by Crippen LogP contribution is 2.25. The summed E-state index contributed by atoms with van der Waals surface area (Å²) in [6, 6.07) is -0.183. The fourth-order valence-electron chi connectivity index (χ4n) is 0.773. The van der Waals surface area contributed by atoms with E-state index in [-0.39, 0.29) is 23.3 Å². The van der Waals surface area contributed by atoms with Crippen LogP contribution >= 0.6 is 0 Å². The predicted octanol–water partition coefficient (Wildman–Crippen LogP) is 1.81. The van der Waals surface area contributed by atoms with Crippen LogP contribution in [0.3, 0.4) is 0 Å². The molecule has 0 aliphatic rings. The van der Waals surface area contributed by atoms with E-state index in [0.29, 0.717) is 0 Å². The van der Waals surface area contributed by atoms with E-state index in [1.807, 2.05) is 27.7 Å². The quantitative estimate of drug-likeness (QED) is 0.647. The van der Waals surface area contributed by atoms with E-state index in [9.17, 15) is 4.79 Å². The number of rotatable bonds is 2. The number of nitrogens with one attached hydrogen (secondary N) is 1. The molecule has 0 spiro atoms. The van der Waals surface area contributed by atoms with E-state index in [1.54, 1.807) is 6.92 Å². The number of carbonyl (C=O) groups is 1. The molecule has 0 heterocycles.